The number of nitrogens with two attached hydrogens (primary N) is 1. The number of carbonyl (C=O) groups excluding carboxylic acids is 1. The Balaban J connectivity index is 1.62. The van der Waals surface area contributed by atoms with Crippen LogP contribution in [0.15, 0.2) is 47.3 Å². The van der Waals surface area contributed by atoms with E-state index >= 15 is 0 Å². The zero-order chi connectivity index (χ0) is 23.8. The summed E-state index contributed by atoms with van der Waals surface area (Å²) in [5, 5.41) is 23.6. The third-order valence-corrected chi connectivity index (χ3v) is 7.23. The Labute approximate surface area is 202 Å². The number of primary amides is 1. The zero-order valence-corrected chi connectivity index (χ0v) is 20.2. The molecule has 1 amide bonds. The number of carbonyl (C=O) groups is 1. The van der Waals surface area contributed by atoms with Crippen molar-refractivity contribution in [2.24, 2.45) is 5.73 Å². The summed E-state index contributed by atoms with van der Waals surface area (Å²) in [5.74, 6) is -0.266. The molecule has 34 heavy (non-hydrogen) atoms. The van der Waals surface area contributed by atoms with Crippen molar-refractivity contribution in [2.75, 3.05) is 5.32 Å². The molecule has 5 rings (SSSR count). The number of fused-ring (bicyclic) bond motifs is 1. The van der Waals surface area contributed by atoms with Crippen LogP contribution in [0.4, 0.5) is 5.69 Å². The van der Waals surface area contributed by atoms with Crippen molar-refractivity contribution in [3.8, 4) is 16.8 Å². The molecule has 1 aliphatic rings. The van der Waals surface area contributed by atoms with Gasteiger partial charge >= 0.3 is 0 Å². The van der Waals surface area contributed by atoms with Crippen molar-refractivity contribution in [2.45, 2.75) is 57.6 Å². The summed E-state index contributed by atoms with van der Waals surface area (Å²) >= 11 is 1.67. The Bertz CT molecular complexity index is 1320. The molecule has 7 nitrogen and oxygen atoms in total. The van der Waals surface area contributed by atoms with E-state index in [0.717, 1.165) is 59.2 Å². The average molecular weight is 476 g/mol. The number of rotatable bonds is 6. The van der Waals surface area contributed by atoms with Gasteiger partial charge in [0, 0.05) is 17.9 Å². The van der Waals surface area contributed by atoms with E-state index in [9.17, 15) is 9.90 Å². The van der Waals surface area contributed by atoms with Crippen molar-refractivity contribution < 1.29 is 9.90 Å². The molecule has 1 saturated carbocycles. The summed E-state index contributed by atoms with van der Waals surface area (Å²) in [6.07, 6.45) is 4.77. The van der Waals surface area contributed by atoms with Gasteiger partial charge in [-0.25, -0.2) is 9.67 Å². The number of amides is 1. The first-order valence-electron chi connectivity index (χ1n) is 11.7. The van der Waals surface area contributed by atoms with Crippen LogP contribution >= 0.6 is 11.3 Å². The fourth-order valence-corrected chi connectivity index (χ4v) is 5.41. The largest absolute Gasteiger partial charge is 0.393 e. The van der Waals surface area contributed by atoms with E-state index in [1.54, 1.807) is 17.4 Å². The first-order valence-corrected chi connectivity index (χ1v) is 12.7. The Morgan fingerprint density at radius 1 is 1.21 bits per heavy atom. The molecule has 1 fully saturated rings. The lowest BCUT2D eigenvalue weighted by atomic mass is 9.92. The van der Waals surface area contributed by atoms with Gasteiger partial charge in [0.2, 0.25) is 0 Å². The number of benzene rings is 1. The van der Waals surface area contributed by atoms with Crippen molar-refractivity contribution in [1.82, 2.24) is 14.8 Å². The van der Waals surface area contributed by atoms with Gasteiger partial charge in [-0.1, -0.05) is 13.8 Å². The maximum Gasteiger partial charge on any atom is 0.250 e. The molecule has 0 unspecified atom stereocenters. The summed E-state index contributed by atoms with van der Waals surface area (Å²) in [5.41, 5.74) is 11.7. The lowest BCUT2D eigenvalue weighted by Crippen LogP contribution is -2.29. The van der Waals surface area contributed by atoms with Crippen molar-refractivity contribution >= 4 is 34.0 Å². The Morgan fingerprint density at radius 3 is 2.68 bits per heavy atom. The third kappa shape index (κ3) is 4.19. The summed E-state index contributed by atoms with van der Waals surface area (Å²) in [6.45, 7) is 4.27. The van der Waals surface area contributed by atoms with Gasteiger partial charge in [0.25, 0.3) is 5.91 Å². The lowest BCUT2D eigenvalue weighted by Gasteiger charge is -2.27. The maximum atomic E-state index is 12.2. The molecule has 4 aromatic rings. The highest BCUT2D eigenvalue weighted by Crippen LogP contribution is 2.36. The fourth-order valence-electron chi connectivity index (χ4n) is 4.75. The third-order valence-electron chi connectivity index (χ3n) is 6.54. The number of nitrogens with one attached hydrogen (secondary N) is 1. The predicted molar refractivity (Wildman–Crippen MR) is 137 cm³/mol. The van der Waals surface area contributed by atoms with Gasteiger partial charge in [0.05, 0.1) is 28.4 Å². The first kappa shape index (κ1) is 22.6. The molecule has 0 bridgehead atoms. The standard InChI is InChI=1S/C26H29N5O2S/c1-15(2)24-23-20(16-10-12-34-14-16)9-11-28-26(23)31(30-24)18-5-8-21(25(27)33)22(13-18)29-17-3-6-19(32)7-4-17/h5,8-15,17,19,29,32H,3-4,6-7H2,1-2H3,(H2,27,33). The van der Waals surface area contributed by atoms with Crippen LogP contribution in [0, 0.1) is 0 Å². The second-order valence-electron chi connectivity index (χ2n) is 9.26. The number of aliphatic hydroxyl groups excluding tert-OH is 1. The van der Waals surface area contributed by atoms with Crippen LogP contribution in [-0.2, 0) is 0 Å². The number of nitrogens with zero attached hydrogens (tertiary/aromatic N) is 3. The maximum absolute atomic E-state index is 12.2. The van der Waals surface area contributed by atoms with E-state index in [1.807, 2.05) is 29.1 Å². The van der Waals surface area contributed by atoms with Gasteiger partial charge in [-0.05, 0) is 83.8 Å². The molecule has 176 valence electrons. The molecule has 4 N–H and O–H groups in total. The number of pyridine rings is 1. The molecule has 3 aromatic heterocycles. The average Bonchev–Trinajstić information content (AvgIpc) is 3.49. The van der Waals surface area contributed by atoms with Crippen LogP contribution < -0.4 is 11.1 Å². The molecule has 3 heterocycles. The molecule has 0 spiro atoms. The predicted octanol–water partition coefficient (Wildman–Crippen LogP) is 5.09. The van der Waals surface area contributed by atoms with E-state index in [0.29, 0.717) is 11.3 Å². The molecule has 1 aromatic carbocycles. The van der Waals surface area contributed by atoms with Crippen molar-refractivity contribution in [3.05, 3.63) is 58.5 Å². The highest BCUT2D eigenvalue weighted by atomic mass is 32.1. The number of hydrogen-bond donors (Lipinski definition) is 3. The Hall–Kier alpha value is -3.23. The Kier molecular flexibility index (Phi) is 6.10. The molecular formula is C26H29N5O2S. The van der Waals surface area contributed by atoms with Crippen LogP contribution in [0.5, 0.6) is 0 Å². The number of anilines is 1. The van der Waals surface area contributed by atoms with Gasteiger partial charge in [-0.15, -0.1) is 0 Å². The molecule has 0 aliphatic heterocycles. The molecular weight excluding hydrogens is 446 g/mol. The number of hydrogen-bond acceptors (Lipinski definition) is 6. The molecule has 1 aliphatic carbocycles. The van der Waals surface area contributed by atoms with E-state index in [4.69, 9.17) is 15.8 Å². The van der Waals surface area contributed by atoms with E-state index in [1.165, 1.54) is 0 Å². The number of thiophene rings is 1. The van der Waals surface area contributed by atoms with E-state index in [2.05, 4.69) is 36.0 Å². The number of aromatic nitrogens is 3. The summed E-state index contributed by atoms with van der Waals surface area (Å²) in [6, 6.07) is 9.89. The zero-order valence-electron chi connectivity index (χ0n) is 19.4. The monoisotopic (exact) mass is 475 g/mol. The van der Waals surface area contributed by atoms with Crippen molar-refractivity contribution in [3.63, 3.8) is 0 Å². The quantitative estimate of drug-likeness (QED) is 0.360. The van der Waals surface area contributed by atoms with Crippen LogP contribution in [0.3, 0.4) is 0 Å². The molecule has 0 saturated heterocycles. The fraction of sp³-hybridized carbons (Fsp3) is 0.346. The minimum atomic E-state index is -0.476. The minimum Gasteiger partial charge on any atom is -0.393 e. The van der Waals surface area contributed by atoms with Crippen LogP contribution in [0.25, 0.3) is 27.8 Å². The topological polar surface area (TPSA) is 106 Å². The van der Waals surface area contributed by atoms with Crippen LogP contribution in [-0.4, -0.2) is 37.9 Å². The van der Waals surface area contributed by atoms with Crippen LogP contribution in [0.1, 0.15) is 61.5 Å². The summed E-state index contributed by atoms with van der Waals surface area (Å²) in [4.78, 5) is 16.9. The Morgan fingerprint density at radius 2 is 2.00 bits per heavy atom. The van der Waals surface area contributed by atoms with E-state index in [-0.39, 0.29) is 18.1 Å². The van der Waals surface area contributed by atoms with Gasteiger partial charge in [-0.3, -0.25) is 4.79 Å². The van der Waals surface area contributed by atoms with Gasteiger partial charge < -0.3 is 16.2 Å². The van der Waals surface area contributed by atoms with Crippen LogP contribution in [0.2, 0.25) is 0 Å². The second-order valence-corrected chi connectivity index (χ2v) is 10.0. The molecule has 0 radical (unpaired) electrons. The number of aliphatic hydroxyl groups is 1. The van der Waals surface area contributed by atoms with Gasteiger partial charge in [-0.2, -0.15) is 16.4 Å². The summed E-state index contributed by atoms with van der Waals surface area (Å²) < 4.78 is 1.86. The van der Waals surface area contributed by atoms with Gasteiger partial charge in [0.15, 0.2) is 5.65 Å². The van der Waals surface area contributed by atoms with E-state index < -0.39 is 5.91 Å². The molecule has 8 heteroatoms. The first-order chi connectivity index (χ1) is 16.4. The highest BCUT2D eigenvalue weighted by Gasteiger charge is 2.23. The normalized spacial score (nSPS) is 18.5. The minimum absolute atomic E-state index is 0.181. The summed E-state index contributed by atoms with van der Waals surface area (Å²) in [7, 11) is 0. The highest BCUT2D eigenvalue weighted by molar-refractivity contribution is 7.08. The van der Waals surface area contributed by atoms with Crippen molar-refractivity contribution in [1.29, 1.82) is 0 Å². The second kappa shape index (κ2) is 9.19. The SMILES string of the molecule is CC(C)c1nn(-c2ccc(C(N)=O)c(NC3CCC(O)CC3)c2)c2nccc(-c3ccsc3)c12. The molecule has 0 atom stereocenters. The lowest BCUT2D eigenvalue weighted by molar-refractivity contribution is 0.100. The van der Waals surface area contributed by atoms with Gasteiger partial charge in [0.1, 0.15) is 0 Å². The smallest absolute Gasteiger partial charge is 0.250 e.